The second-order valence-corrected chi connectivity index (χ2v) is 7.80. The van der Waals surface area contributed by atoms with Gasteiger partial charge in [0.25, 0.3) is 17.3 Å². The minimum absolute atomic E-state index is 0.0665. The topological polar surface area (TPSA) is 151 Å². The van der Waals surface area contributed by atoms with E-state index in [0.717, 1.165) is 11.3 Å². The van der Waals surface area contributed by atoms with E-state index in [0.29, 0.717) is 16.7 Å². The van der Waals surface area contributed by atoms with E-state index in [1.807, 2.05) is 0 Å². The van der Waals surface area contributed by atoms with Gasteiger partial charge in [-0.3, -0.25) is 25.0 Å². The lowest BCUT2D eigenvalue weighted by atomic mass is 10.0. The molecule has 1 N–H and O–H groups in total. The lowest BCUT2D eigenvalue weighted by Gasteiger charge is -2.10. The summed E-state index contributed by atoms with van der Waals surface area (Å²) < 4.78 is 10.5. The first-order valence-corrected chi connectivity index (χ1v) is 10.8. The van der Waals surface area contributed by atoms with Crippen LogP contribution in [0.4, 0.5) is 16.4 Å². The Morgan fingerprint density at radius 2 is 1.85 bits per heavy atom. The lowest BCUT2D eigenvalue weighted by molar-refractivity contribution is -0.385. The molecule has 0 spiro atoms. The molecule has 0 aliphatic carbocycles. The molecule has 0 saturated carbocycles. The Balaban J connectivity index is 1.81. The normalized spacial score (nSPS) is 10.4. The predicted octanol–water partition coefficient (Wildman–Crippen LogP) is 4.73. The van der Waals surface area contributed by atoms with Crippen molar-refractivity contribution in [2.45, 2.75) is 13.8 Å². The highest BCUT2D eigenvalue weighted by atomic mass is 32.1. The summed E-state index contributed by atoms with van der Waals surface area (Å²) in [5, 5.41) is 26.5. The number of nitrogens with one attached hydrogen (secondary N) is 1. The van der Waals surface area contributed by atoms with Crippen LogP contribution in [0.15, 0.2) is 47.8 Å². The highest BCUT2D eigenvalue weighted by molar-refractivity contribution is 7.15. The molecule has 0 radical (unpaired) electrons. The van der Waals surface area contributed by atoms with Crippen LogP contribution in [0.5, 0.6) is 5.75 Å². The van der Waals surface area contributed by atoms with Crippen LogP contribution in [0, 0.1) is 27.2 Å². The van der Waals surface area contributed by atoms with Gasteiger partial charge in [0.2, 0.25) is 0 Å². The van der Waals surface area contributed by atoms with Crippen molar-refractivity contribution in [2.75, 3.05) is 18.5 Å². The van der Waals surface area contributed by atoms with Crippen LogP contribution < -0.4 is 10.1 Å². The van der Waals surface area contributed by atoms with Gasteiger partial charge in [0.15, 0.2) is 6.61 Å². The molecule has 0 aliphatic rings. The molecule has 0 unspecified atom stereocenters. The van der Waals surface area contributed by atoms with E-state index in [9.17, 15) is 29.8 Å². The molecule has 0 fully saturated rings. The number of anilines is 1. The zero-order chi connectivity index (χ0) is 24.8. The third-order valence-corrected chi connectivity index (χ3v) is 5.52. The molecule has 0 atom stereocenters. The monoisotopic (exact) mass is 485 g/mol. The molecule has 1 amide bonds. The molecule has 3 aromatic rings. The molecule has 11 nitrogen and oxygen atoms in total. The first-order valence-electron chi connectivity index (χ1n) is 9.92. The molecule has 1 aromatic heterocycles. The molecule has 0 aliphatic heterocycles. The van der Waals surface area contributed by atoms with Crippen LogP contribution in [0.2, 0.25) is 0 Å². The highest BCUT2D eigenvalue weighted by Crippen LogP contribution is 2.37. The molecule has 0 saturated heterocycles. The molecule has 176 valence electrons. The van der Waals surface area contributed by atoms with Gasteiger partial charge in [-0.1, -0.05) is 12.1 Å². The van der Waals surface area contributed by atoms with Crippen molar-refractivity contribution in [3.05, 3.63) is 79.2 Å². The van der Waals surface area contributed by atoms with E-state index in [4.69, 9.17) is 9.47 Å². The van der Waals surface area contributed by atoms with Gasteiger partial charge in [0.05, 0.1) is 16.5 Å². The Morgan fingerprint density at radius 1 is 1.09 bits per heavy atom. The Hall–Kier alpha value is -4.32. The molecular weight excluding hydrogens is 466 g/mol. The maximum atomic E-state index is 12.6. The SMILES string of the molecule is CCOC(=O)c1c(-c2cccc([N+](=O)[O-])c2)csc1NC(=O)COc1ccc([N+](=O)[O-])c(C)c1. The number of esters is 1. The van der Waals surface area contributed by atoms with Crippen LogP contribution in [-0.4, -0.2) is 34.9 Å². The number of nitro benzene ring substituents is 2. The predicted molar refractivity (Wildman–Crippen MR) is 124 cm³/mol. The summed E-state index contributed by atoms with van der Waals surface area (Å²) in [4.78, 5) is 46.1. The second kappa shape index (κ2) is 10.5. The summed E-state index contributed by atoms with van der Waals surface area (Å²) in [6.07, 6.45) is 0. The van der Waals surface area contributed by atoms with E-state index in [1.54, 1.807) is 25.3 Å². The molecule has 12 heteroatoms. The van der Waals surface area contributed by atoms with Crippen LogP contribution in [0.3, 0.4) is 0 Å². The summed E-state index contributed by atoms with van der Waals surface area (Å²) >= 11 is 1.06. The number of hydrogen-bond donors (Lipinski definition) is 1. The summed E-state index contributed by atoms with van der Waals surface area (Å²) in [5.74, 6) is -0.992. The first-order chi connectivity index (χ1) is 16.2. The van der Waals surface area contributed by atoms with Crippen molar-refractivity contribution in [2.24, 2.45) is 0 Å². The Morgan fingerprint density at radius 3 is 2.50 bits per heavy atom. The second-order valence-electron chi connectivity index (χ2n) is 6.92. The van der Waals surface area contributed by atoms with Crippen molar-refractivity contribution in [1.82, 2.24) is 0 Å². The number of aryl methyl sites for hydroxylation is 1. The lowest BCUT2D eigenvalue weighted by Crippen LogP contribution is -2.21. The van der Waals surface area contributed by atoms with Gasteiger partial charge in [-0.2, -0.15) is 0 Å². The number of benzene rings is 2. The van der Waals surface area contributed by atoms with Gasteiger partial charge in [0.1, 0.15) is 16.3 Å². The average Bonchev–Trinajstić information content (AvgIpc) is 3.21. The Labute approximate surface area is 197 Å². The number of nitro groups is 2. The number of hydrogen-bond acceptors (Lipinski definition) is 9. The minimum atomic E-state index is -0.688. The van der Waals surface area contributed by atoms with E-state index in [1.165, 1.54) is 36.4 Å². The minimum Gasteiger partial charge on any atom is -0.484 e. The quantitative estimate of drug-likeness (QED) is 0.259. The molecule has 34 heavy (non-hydrogen) atoms. The number of amides is 1. The van der Waals surface area contributed by atoms with Crippen molar-refractivity contribution < 1.29 is 28.9 Å². The van der Waals surface area contributed by atoms with Gasteiger partial charge < -0.3 is 14.8 Å². The van der Waals surface area contributed by atoms with Crippen LogP contribution in [-0.2, 0) is 9.53 Å². The number of carbonyl (C=O) groups is 2. The van der Waals surface area contributed by atoms with Crippen LogP contribution >= 0.6 is 11.3 Å². The highest BCUT2D eigenvalue weighted by Gasteiger charge is 2.24. The van der Waals surface area contributed by atoms with Gasteiger partial charge in [-0.05, 0) is 31.5 Å². The fourth-order valence-corrected chi connectivity index (χ4v) is 4.06. The standard InChI is InChI=1S/C22H19N3O8S/c1-3-32-22(27)20-17(14-5-4-6-15(10-14)24(28)29)12-34-21(20)23-19(26)11-33-16-7-8-18(25(30)31)13(2)9-16/h4-10,12H,3,11H2,1-2H3,(H,23,26). The van der Waals surface area contributed by atoms with E-state index < -0.39 is 28.3 Å². The number of ether oxygens (including phenoxy) is 2. The molecule has 0 bridgehead atoms. The largest absolute Gasteiger partial charge is 0.484 e. The smallest absolute Gasteiger partial charge is 0.341 e. The van der Waals surface area contributed by atoms with Gasteiger partial charge >= 0.3 is 5.97 Å². The van der Waals surface area contributed by atoms with E-state index in [2.05, 4.69) is 5.32 Å². The number of thiophene rings is 1. The van der Waals surface area contributed by atoms with Gasteiger partial charge in [0, 0.05) is 34.7 Å². The van der Waals surface area contributed by atoms with Gasteiger partial charge in [-0.15, -0.1) is 11.3 Å². The fraction of sp³-hybridized carbons (Fsp3) is 0.182. The maximum Gasteiger partial charge on any atom is 0.341 e. The first kappa shape index (κ1) is 24.3. The average molecular weight is 485 g/mol. The summed E-state index contributed by atoms with van der Waals surface area (Å²) in [6, 6.07) is 9.89. The van der Waals surface area contributed by atoms with Crippen molar-refractivity contribution >= 4 is 39.6 Å². The number of carbonyl (C=O) groups excluding carboxylic acids is 2. The van der Waals surface area contributed by atoms with Crippen LogP contribution in [0.1, 0.15) is 22.8 Å². The fourth-order valence-electron chi connectivity index (χ4n) is 3.09. The maximum absolute atomic E-state index is 12.6. The number of rotatable bonds is 9. The Bertz CT molecular complexity index is 1270. The zero-order valence-electron chi connectivity index (χ0n) is 18.1. The number of non-ortho nitro benzene ring substituents is 1. The molecule has 3 rings (SSSR count). The molecule has 2 aromatic carbocycles. The van der Waals surface area contributed by atoms with Crippen molar-refractivity contribution in [1.29, 1.82) is 0 Å². The summed E-state index contributed by atoms with van der Waals surface area (Å²) in [7, 11) is 0. The third-order valence-electron chi connectivity index (χ3n) is 4.63. The van der Waals surface area contributed by atoms with Crippen molar-refractivity contribution in [3.8, 4) is 16.9 Å². The Kier molecular flexibility index (Phi) is 7.53. The number of nitrogens with zero attached hydrogens (tertiary/aromatic N) is 2. The molecular formula is C22H19N3O8S. The van der Waals surface area contributed by atoms with Gasteiger partial charge in [-0.25, -0.2) is 4.79 Å². The summed E-state index contributed by atoms with van der Waals surface area (Å²) in [6.45, 7) is 2.87. The van der Waals surface area contributed by atoms with E-state index in [-0.39, 0.29) is 34.3 Å². The van der Waals surface area contributed by atoms with E-state index >= 15 is 0 Å². The summed E-state index contributed by atoms with van der Waals surface area (Å²) in [5.41, 5.74) is 1.05. The van der Waals surface area contributed by atoms with Crippen molar-refractivity contribution in [3.63, 3.8) is 0 Å². The molecule has 1 heterocycles. The van der Waals surface area contributed by atoms with Crippen LogP contribution in [0.25, 0.3) is 11.1 Å². The zero-order valence-corrected chi connectivity index (χ0v) is 18.9. The third kappa shape index (κ3) is 5.53.